The number of benzene rings is 1. The van der Waals surface area contributed by atoms with E-state index in [0.29, 0.717) is 24.5 Å². The number of rotatable bonds is 2. The minimum Gasteiger partial charge on any atom is -0.493 e. The maximum absolute atomic E-state index is 13.3. The van der Waals surface area contributed by atoms with E-state index in [1.165, 1.54) is 0 Å². The maximum atomic E-state index is 13.3. The molecule has 0 unspecified atom stereocenters. The number of amides is 2. The lowest BCUT2D eigenvalue weighted by molar-refractivity contribution is -0.137. The van der Waals surface area contributed by atoms with Crippen LogP contribution in [0, 0.1) is 0 Å². The summed E-state index contributed by atoms with van der Waals surface area (Å²) in [6.45, 7) is 1.82. The second-order valence-electron chi connectivity index (χ2n) is 8.21. The molecule has 0 saturated carbocycles. The molecule has 1 aromatic rings. The average Bonchev–Trinajstić information content (AvgIpc) is 2.68. The van der Waals surface area contributed by atoms with Crippen molar-refractivity contribution >= 4 is 11.8 Å². The number of fused-ring (bicyclic) bond motifs is 2. The van der Waals surface area contributed by atoms with E-state index in [4.69, 9.17) is 4.74 Å². The lowest BCUT2D eigenvalue weighted by atomic mass is 9.90. The van der Waals surface area contributed by atoms with Crippen molar-refractivity contribution in [3.05, 3.63) is 29.8 Å². The molecule has 0 aliphatic carbocycles. The number of piperidine rings is 1. The summed E-state index contributed by atoms with van der Waals surface area (Å²) in [5.74, 6) is 0.803. The Morgan fingerprint density at radius 1 is 1.11 bits per heavy atom. The van der Waals surface area contributed by atoms with Gasteiger partial charge < -0.3 is 19.4 Å². The summed E-state index contributed by atoms with van der Waals surface area (Å²) in [7, 11) is 5.72. The van der Waals surface area contributed by atoms with Gasteiger partial charge in [0.05, 0.1) is 30.8 Å². The van der Waals surface area contributed by atoms with Crippen molar-refractivity contribution in [3.63, 3.8) is 0 Å². The smallest absolute Gasteiger partial charge is 0.257 e. The van der Waals surface area contributed by atoms with Gasteiger partial charge in [0.1, 0.15) is 5.75 Å². The van der Waals surface area contributed by atoms with E-state index in [-0.39, 0.29) is 23.9 Å². The SMILES string of the molecule is CN(C)CC(=O)N1CCC[C@H]2[C@@H]1CCCCCOc1ccccc1C(=O)N2C. The van der Waals surface area contributed by atoms with Gasteiger partial charge in [-0.3, -0.25) is 9.59 Å². The molecule has 3 rings (SSSR count). The Labute approximate surface area is 168 Å². The second kappa shape index (κ2) is 9.41. The van der Waals surface area contributed by atoms with Crippen molar-refractivity contribution in [2.45, 2.75) is 50.6 Å². The highest BCUT2D eigenvalue weighted by Crippen LogP contribution is 2.29. The first-order chi connectivity index (χ1) is 13.5. The van der Waals surface area contributed by atoms with Gasteiger partial charge in [-0.25, -0.2) is 0 Å². The summed E-state index contributed by atoms with van der Waals surface area (Å²) in [5, 5.41) is 0. The van der Waals surface area contributed by atoms with E-state index in [2.05, 4.69) is 0 Å². The number of carbonyl (C=O) groups excluding carboxylic acids is 2. The van der Waals surface area contributed by atoms with Crippen molar-refractivity contribution < 1.29 is 14.3 Å². The lowest BCUT2D eigenvalue weighted by Gasteiger charge is -2.45. The van der Waals surface area contributed by atoms with Crippen LogP contribution in [0.1, 0.15) is 48.9 Å². The van der Waals surface area contributed by atoms with E-state index in [0.717, 1.165) is 45.1 Å². The van der Waals surface area contributed by atoms with Gasteiger partial charge in [0.25, 0.3) is 5.91 Å². The number of ether oxygens (including phenoxy) is 1. The maximum Gasteiger partial charge on any atom is 0.257 e. The van der Waals surface area contributed by atoms with E-state index < -0.39 is 0 Å². The van der Waals surface area contributed by atoms with Crippen molar-refractivity contribution in [1.82, 2.24) is 14.7 Å². The van der Waals surface area contributed by atoms with E-state index in [1.54, 1.807) is 0 Å². The van der Waals surface area contributed by atoms with Gasteiger partial charge in [-0.1, -0.05) is 18.6 Å². The van der Waals surface area contributed by atoms with Crippen molar-refractivity contribution in [1.29, 1.82) is 0 Å². The van der Waals surface area contributed by atoms with Crippen LogP contribution in [-0.4, -0.2) is 79.4 Å². The molecule has 28 heavy (non-hydrogen) atoms. The van der Waals surface area contributed by atoms with Gasteiger partial charge in [-0.2, -0.15) is 0 Å². The van der Waals surface area contributed by atoms with Crippen LogP contribution in [0.25, 0.3) is 0 Å². The quantitative estimate of drug-likeness (QED) is 0.783. The molecule has 2 atom stereocenters. The van der Waals surface area contributed by atoms with Crippen LogP contribution < -0.4 is 4.74 Å². The normalized spacial score (nSPS) is 23.9. The zero-order valence-corrected chi connectivity index (χ0v) is 17.4. The summed E-state index contributed by atoms with van der Waals surface area (Å²) in [5.41, 5.74) is 0.612. The highest BCUT2D eigenvalue weighted by molar-refractivity contribution is 5.97. The van der Waals surface area contributed by atoms with Crippen LogP contribution in [0.4, 0.5) is 0 Å². The molecule has 2 aliphatic heterocycles. The molecule has 2 aliphatic rings. The first kappa shape index (κ1) is 20.6. The minimum absolute atomic E-state index is 0.0203. The molecule has 2 amide bonds. The molecule has 1 saturated heterocycles. The monoisotopic (exact) mass is 387 g/mol. The largest absolute Gasteiger partial charge is 0.493 e. The Morgan fingerprint density at radius 2 is 1.86 bits per heavy atom. The topological polar surface area (TPSA) is 53.1 Å². The van der Waals surface area contributed by atoms with E-state index >= 15 is 0 Å². The number of carbonyl (C=O) groups is 2. The Bertz CT molecular complexity index is 691. The molecule has 1 aromatic carbocycles. The zero-order valence-electron chi connectivity index (χ0n) is 17.4. The number of hydrogen-bond acceptors (Lipinski definition) is 4. The Kier molecular flexibility index (Phi) is 6.94. The average molecular weight is 388 g/mol. The number of hydrogen-bond donors (Lipinski definition) is 0. The molecule has 0 bridgehead atoms. The Balaban J connectivity index is 1.89. The van der Waals surface area contributed by atoms with E-state index in [1.807, 2.05) is 60.1 Å². The summed E-state index contributed by atoms with van der Waals surface area (Å²) in [4.78, 5) is 32.0. The summed E-state index contributed by atoms with van der Waals surface area (Å²) >= 11 is 0. The molecule has 2 heterocycles. The van der Waals surface area contributed by atoms with Crippen LogP contribution in [-0.2, 0) is 4.79 Å². The summed E-state index contributed by atoms with van der Waals surface area (Å²) < 4.78 is 5.90. The molecule has 154 valence electrons. The molecule has 6 heteroatoms. The van der Waals surface area contributed by atoms with Gasteiger partial charge in [0, 0.05) is 13.6 Å². The van der Waals surface area contributed by atoms with Crippen molar-refractivity contribution in [3.8, 4) is 5.75 Å². The Hall–Kier alpha value is -2.08. The fourth-order valence-electron chi connectivity index (χ4n) is 4.43. The molecular weight excluding hydrogens is 354 g/mol. The number of likely N-dealkylation sites (N-methyl/N-ethyl adjacent to an activating group) is 2. The highest BCUT2D eigenvalue weighted by Gasteiger charge is 2.38. The van der Waals surface area contributed by atoms with Gasteiger partial charge in [-0.15, -0.1) is 0 Å². The van der Waals surface area contributed by atoms with Gasteiger partial charge in [0.15, 0.2) is 0 Å². The van der Waals surface area contributed by atoms with Crippen LogP contribution >= 0.6 is 0 Å². The Morgan fingerprint density at radius 3 is 2.64 bits per heavy atom. The molecule has 1 fully saturated rings. The second-order valence-corrected chi connectivity index (χ2v) is 8.21. The summed E-state index contributed by atoms with van der Waals surface area (Å²) in [6, 6.07) is 7.63. The molecular formula is C22H33N3O3. The standard InChI is InChI=1S/C22H33N3O3/c1-23(2)16-21(26)25-14-9-12-18-19(25)11-5-4-8-15-28-20-13-7-6-10-17(20)22(27)24(18)3/h6-7,10,13,18-19H,4-5,8-9,11-12,14-16H2,1-3H3/t18-,19-/m0/s1. The highest BCUT2D eigenvalue weighted by atomic mass is 16.5. The molecule has 0 N–H and O–H groups in total. The minimum atomic E-state index is -0.0203. The van der Waals surface area contributed by atoms with Crippen LogP contribution in [0.15, 0.2) is 24.3 Å². The third-order valence-electron chi connectivity index (χ3n) is 5.85. The van der Waals surface area contributed by atoms with Crippen molar-refractivity contribution in [2.75, 3.05) is 40.8 Å². The number of nitrogens with zero attached hydrogens (tertiary/aromatic N) is 3. The third-order valence-corrected chi connectivity index (χ3v) is 5.85. The predicted octanol–water partition coefficient (Wildman–Crippen LogP) is 2.63. The predicted molar refractivity (Wildman–Crippen MR) is 110 cm³/mol. The first-order valence-electron chi connectivity index (χ1n) is 10.4. The lowest BCUT2D eigenvalue weighted by Crippen LogP contribution is -2.58. The zero-order chi connectivity index (χ0) is 20.1. The summed E-state index contributed by atoms with van der Waals surface area (Å²) in [6.07, 6.45) is 5.86. The van der Waals surface area contributed by atoms with Crippen LogP contribution in [0.3, 0.4) is 0 Å². The molecule has 0 spiro atoms. The van der Waals surface area contributed by atoms with Gasteiger partial charge in [0.2, 0.25) is 5.91 Å². The molecule has 0 aromatic heterocycles. The van der Waals surface area contributed by atoms with Crippen LogP contribution in [0.2, 0.25) is 0 Å². The van der Waals surface area contributed by atoms with Gasteiger partial charge in [-0.05, 0) is 58.3 Å². The van der Waals surface area contributed by atoms with Gasteiger partial charge >= 0.3 is 0 Å². The molecule has 6 nitrogen and oxygen atoms in total. The van der Waals surface area contributed by atoms with E-state index in [9.17, 15) is 9.59 Å². The first-order valence-corrected chi connectivity index (χ1v) is 10.4. The number of likely N-dealkylation sites (tertiary alicyclic amines) is 1. The van der Waals surface area contributed by atoms with Crippen molar-refractivity contribution in [2.24, 2.45) is 0 Å². The third kappa shape index (κ3) is 4.66. The fraction of sp³-hybridized carbons (Fsp3) is 0.636. The number of para-hydroxylation sites is 1. The fourth-order valence-corrected chi connectivity index (χ4v) is 4.43. The molecule has 0 radical (unpaired) electrons. The van der Waals surface area contributed by atoms with Crippen LogP contribution in [0.5, 0.6) is 5.75 Å².